The van der Waals surface area contributed by atoms with Gasteiger partial charge in [0.1, 0.15) is 5.75 Å². The average Bonchev–Trinajstić information content (AvgIpc) is 2.27. The minimum absolute atomic E-state index is 0.0834. The summed E-state index contributed by atoms with van der Waals surface area (Å²) in [6.07, 6.45) is -0.0834. The molecule has 0 aliphatic rings. The highest BCUT2D eigenvalue weighted by atomic mass is 35.7. The number of carbonyl (C=O) groups is 1. The predicted octanol–water partition coefficient (Wildman–Crippen LogP) is 1.34. The van der Waals surface area contributed by atoms with Crippen molar-refractivity contribution >= 4 is 25.7 Å². The molecule has 0 fully saturated rings. The van der Waals surface area contributed by atoms with Crippen LogP contribution in [0.2, 0.25) is 0 Å². The monoisotopic (exact) mass is 278 g/mol. The van der Waals surface area contributed by atoms with Crippen molar-refractivity contribution in [2.75, 3.05) is 14.2 Å². The van der Waals surface area contributed by atoms with Gasteiger partial charge in [0.25, 0.3) is 9.05 Å². The fraction of sp³-hybridized carbons (Fsp3) is 0.300. The molecule has 17 heavy (non-hydrogen) atoms. The molecule has 0 heterocycles. The topological polar surface area (TPSA) is 69.7 Å². The second-order valence-corrected chi connectivity index (χ2v) is 5.73. The number of ether oxygens (including phenoxy) is 2. The average molecular weight is 279 g/mol. The van der Waals surface area contributed by atoms with Crippen LogP contribution in [-0.2, 0) is 25.0 Å². The van der Waals surface area contributed by atoms with E-state index in [1.807, 2.05) is 0 Å². The summed E-state index contributed by atoms with van der Waals surface area (Å²) >= 11 is 0. The quantitative estimate of drug-likeness (QED) is 0.614. The molecule has 0 spiro atoms. The van der Waals surface area contributed by atoms with Crippen molar-refractivity contribution in [2.24, 2.45) is 0 Å². The first-order chi connectivity index (χ1) is 7.88. The molecular weight excluding hydrogens is 268 g/mol. The molecule has 0 aliphatic carbocycles. The Morgan fingerprint density at radius 2 is 2.00 bits per heavy atom. The molecular formula is C10H11ClO5S. The molecule has 0 atom stereocenters. The fourth-order valence-electron chi connectivity index (χ4n) is 1.27. The van der Waals surface area contributed by atoms with Crippen molar-refractivity contribution in [1.82, 2.24) is 0 Å². The molecule has 7 heteroatoms. The van der Waals surface area contributed by atoms with E-state index in [9.17, 15) is 13.2 Å². The number of esters is 1. The summed E-state index contributed by atoms with van der Waals surface area (Å²) in [5.74, 6) is -0.0908. The lowest BCUT2D eigenvalue weighted by Gasteiger charge is -2.08. The predicted molar refractivity (Wildman–Crippen MR) is 61.8 cm³/mol. The summed E-state index contributed by atoms with van der Waals surface area (Å²) in [5, 5.41) is 0. The van der Waals surface area contributed by atoms with Gasteiger partial charge in [0, 0.05) is 16.2 Å². The largest absolute Gasteiger partial charge is 0.496 e. The van der Waals surface area contributed by atoms with E-state index in [-0.39, 0.29) is 11.3 Å². The van der Waals surface area contributed by atoms with Gasteiger partial charge in [0.15, 0.2) is 0 Å². The van der Waals surface area contributed by atoms with Gasteiger partial charge in [-0.2, -0.15) is 0 Å². The summed E-state index contributed by atoms with van der Waals surface area (Å²) in [5.41, 5.74) is 0.404. The number of benzene rings is 1. The van der Waals surface area contributed by atoms with Crippen LogP contribution in [-0.4, -0.2) is 28.6 Å². The van der Waals surface area contributed by atoms with Crippen LogP contribution in [0.5, 0.6) is 5.75 Å². The van der Waals surface area contributed by atoms with E-state index in [4.69, 9.17) is 15.4 Å². The zero-order valence-electron chi connectivity index (χ0n) is 9.27. The highest BCUT2D eigenvalue weighted by Gasteiger charge is 2.15. The van der Waals surface area contributed by atoms with Crippen LogP contribution in [0.15, 0.2) is 23.1 Å². The van der Waals surface area contributed by atoms with E-state index in [1.165, 1.54) is 32.4 Å². The molecule has 0 unspecified atom stereocenters. The second kappa shape index (κ2) is 5.37. The molecule has 0 saturated heterocycles. The lowest BCUT2D eigenvalue weighted by Crippen LogP contribution is -2.06. The Labute approximate surface area is 104 Å². The van der Waals surface area contributed by atoms with Crippen LogP contribution in [0.3, 0.4) is 0 Å². The van der Waals surface area contributed by atoms with Crippen molar-refractivity contribution in [2.45, 2.75) is 11.3 Å². The molecule has 1 aromatic rings. The Kier molecular flexibility index (Phi) is 4.36. The van der Waals surface area contributed by atoms with Crippen LogP contribution in [0.4, 0.5) is 0 Å². The van der Waals surface area contributed by atoms with Gasteiger partial charge in [-0.05, 0) is 18.2 Å². The molecule has 5 nitrogen and oxygen atoms in total. The smallest absolute Gasteiger partial charge is 0.310 e. The third-order valence-corrected chi connectivity index (χ3v) is 3.45. The Morgan fingerprint density at radius 3 is 2.47 bits per heavy atom. The fourth-order valence-corrected chi connectivity index (χ4v) is 2.07. The standard InChI is InChI=1S/C10H11ClO5S/c1-15-9-4-3-8(17(11,13)14)5-7(9)6-10(12)16-2/h3-5H,6H2,1-2H3. The molecule has 0 N–H and O–H groups in total. The number of hydrogen-bond acceptors (Lipinski definition) is 5. The Bertz CT molecular complexity index is 523. The number of hydrogen-bond donors (Lipinski definition) is 0. The van der Waals surface area contributed by atoms with Gasteiger partial charge in [0.2, 0.25) is 0 Å². The van der Waals surface area contributed by atoms with Crippen molar-refractivity contribution in [3.8, 4) is 5.75 Å². The van der Waals surface area contributed by atoms with Gasteiger partial charge < -0.3 is 9.47 Å². The molecule has 0 radical (unpaired) electrons. The van der Waals surface area contributed by atoms with Gasteiger partial charge in [0.05, 0.1) is 25.5 Å². The highest BCUT2D eigenvalue weighted by molar-refractivity contribution is 8.13. The van der Waals surface area contributed by atoms with Crippen molar-refractivity contribution in [3.05, 3.63) is 23.8 Å². The minimum Gasteiger partial charge on any atom is -0.496 e. The zero-order valence-corrected chi connectivity index (χ0v) is 10.8. The molecule has 0 amide bonds. The second-order valence-electron chi connectivity index (χ2n) is 3.16. The van der Waals surface area contributed by atoms with E-state index < -0.39 is 15.0 Å². The summed E-state index contributed by atoms with van der Waals surface area (Å²) in [4.78, 5) is 11.1. The highest BCUT2D eigenvalue weighted by Crippen LogP contribution is 2.25. The molecule has 1 aromatic carbocycles. The normalized spacial score (nSPS) is 11.0. The SMILES string of the molecule is COC(=O)Cc1cc(S(=O)(=O)Cl)ccc1OC. The lowest BCUT2D eigenvalue weighted by atomic mass is 10.1. The summed E-state index contributed by atoms with van der Waals surface area (Å²) in [6.45, 7) is 0. The lowest BCUT2D eigenvalue weighted by molar-refractivity contribution is -0.139. The maximum absolute atomic E-state index is 11.2. The first-order valence-corrected chi connectivity index (χ1v) is 6.88. The van der Waals surface area contributed by atoms with E-state index in [1.54, 1.807) is 0 Å². The maximum atomic E-state index is 11.2. The summed E-state index contributed by atoms with van der Waals surface area (Å²) in [6, 6.07) is 4.04. The third-order valence-electron chi connectivity index (χ3n) is 2.10. The minimum atomic E-state index is -3.83. The molecule has 94 valence electrons. The van der Waals surface area contributed by atoms with Crippen molar-refractivity contribution in [1.29, 1.82) is 0 Å². The van der Waals surface area contributed by atoms with E-state index in [0.29, 0.717) is 11.3 Å². The molecule has 1 rings (SSSR count). The number of rotatable bonds is 4. The van der Waals surface area contributed by atoms with Crippen molar-refractivity contribution < 1.29 is 22.7 Å². The van der Waals surface area contributed by atoms with Gasteiger partial charge in [-0.3, -0.25) is 4.79 Å². The van der Waals surface area contributed by atoms with E-state index >= 15 is 0 Å². The van der Waals surface area contributed by atoms with E-state index in [2.05, 4.69) is 4.74 Å². The molecule has 0 saturated carbocycles. The number of methoxy groups -OCH3 is 2. The van der Waals surface area contributed by atoms with Crippen LogP contribution in [0, 0.1) is 0 Å². The van der Waals surface area contributed by atoms with Crippen molar-refractivity contribution in [3.63, 3.8) is 0 Å². The van der Waals surface area contributed by atoms with E-state index in [0.717, 1.165) is 0 Å². The molecule has 0 bridgehead atoms. The van der Waals surface area contributed by atoms with Crippen LogP contribution in [0.1, 0.15) is 5.56 Å². The zero-order chi connectivity index (χ0) is 13.1. The summed E-state index contributed by atoms with van der Waals surface area (Å²) in [7, 11) is 4.05. The van der Waals surface area contributed by atoms with Crippen LogP contribution >= 0.6 is 10.7 Å². The Balaban J connectivity index is 3.20. The van der Waals surface area contributed by atoms with Gasteiger partial charge in [-0.25, -0.2) is 8.42 Å². The maximum Gasteiger partial charge on any atom is 0.310 e. The first kappa shape index (κ1) is 13.8. The van der Waals surface area contributed by atoms with Gasteiger partial charge in [-0.1, -0.05) is 0 Å². The van der Waals surface area contributed by atoms with Gasteiger partial charge in [-0.15, -0.1) is 0 Å². The first-order valence-electron chi connectivity index (χ1n) is 4.57. The Morgan fingerprint density at radius 1 is 1.35 bits per heavy atom. The molecule has 0 aromatic heterocycles. The number of halogens is 1. The third kappa shape index (κ3) is 3.61. The Hall–Kier alpha value is -1.27. The van der Waals surface area contributed by atoms with Crippen LogP contribution in [0.25, 0.3) is 0 Å². The summed E-state index contributed by atoms with van der Waals surface area (Å²) < 4.78 is 31.8. The molecule has 0 aliphatic heterocycles. The number of carbonyl (C=O) groups excluding carboxylic acids is 1. The van der Waals surface area contributed by atoms with Gasteiger partial charge >= 0.3 is 5.97 Å². The van der Waals surface area contributed by atoms with Crippen LogP contribution < -0.4 is 4.74 Å².